The van der Waals surface area contributed by atoms with Gasteiger partial charge in [0.05, 0.1) is 24.1 Å². The summed E-state index contributed by atoms with van der Waals surface area (Å²) in [5.41, 5.74) is 3.47. The van der Waals surface area contributed by atoms with Crippen molar-refractivity contribution in [1.82, 2.24) is 4.90 Å². The lowest BCUT2D eigenvalue weighted by molar-refractivity contribution is 0.0714. The van der Waals surface area contributed by atoms with E-state index < -0.39 is 11.9 Å². The van der Waals surface area contributed by atoms with Crippen molar-refractivity contribution in [1.29, 1.82) is 0 Å². The highest BCUT2D eigenvalue weighted by molar-refractivity contribution is 5.99. The number of hydrogen-bond donors (Lipinski definition) is 1. The molecule has 2 heterocycles. The van der Waals surface area contributed by atoms with Gasteiger partial charge in [0.2, 0.25) is 5.76 Å². The molecule has 0 bridgehead atoms. The lowest BCUT2D eigenvalue weighted by Crippen LogP contribution is -2.29. The first-order valence-electron chi connectivity index (χ1n) is 10.8. The van der Waals surface area contributed by atoms with Crippen LogP contribution in [0.15, 0.2) is 63.8 Å². The van der Waals surface area contributed by atoms with Crippen molar-refractivity contribution >= 4 is 16.9 Å². The van der Waals surface area contributed by atoms with Gasteiger partial charge in [0.15, 0.2) is 16.9 Å². The summed E-state index contributed by atoms with van der Waals surface area (Å²) in [6.07, 6.45) is 0. The van der Waals surface area contributed by atoms with Crippen LogP contribution in [0.25, 0.3) is 11.0 Å². The minimum Gasteiger partial charge on any atom is -0.504 e. The molecule has 1 unspecified atom stereocenters. The number of aromatic hydroxyl groups is 1. The standard InChI is InChI=1S/C27H22FNO5/c1-14-10-19-21(11-15(14)2)34-26-23(25(19)31)24(17-6-9-20(30)22(12-17)33-3)29(27(26)32)13-16-4-7-18(28)8-5-16/h4-12,24,30H,13H2,1-3H3. The van der Waals surface area contributed by atoms with E-state index in [2.05, 4.69) is 0 Å². The third-order valence-corrected chi connectivity index (χ3v) is 6.37. The van der Waals surface area contributed by atoms with E-state index in [4.69, 9.17) is 9.15 Å². The molecule has 1 N–H and O–H groups in total. The largest absolute Gasteiger partial charge is 0.504 e. The van der Waals surface area contributed by atoms with E-state index in [1.807, 2.05) is 13.8 Å². The lowest BCUT2D eigenvalue weighted by atomic mass is 9.97. The summed E-state index contributed by atoms with van der Waals surface area (Å²) in [6.45, 7) is 3.96. The first-order chi connectivity index (χ1) is 16.3. The zero-order valence-electron chi connectivity index (χ0n) is 18.9. The molecule has 0 radical (unpaired) electrons. The van der Waals surface area contributed by atoms with Crippen LogP contribution in [0.1, 0.15) is 44.4 Å². The normalized spacial score (nSPS) is 15.1. The van der Waals surface area contributed by atoms with Gasteiger partial charge in [-0.25, -0.2) is 4.39 Å². The summed E-state index contributed by atoms with van der Waals surface area (Å²) in [5, 5.41) is 10.5. The number of fused-ring (bicyclic) bond motifs is 2. The van der Waals surface area contributed by atoms with Gasteiger partial charge in [-0.05, 0) is 72.5 Å². The molecule has 6 nitrogen and oxygen atoms in total. The van der Waals surface area contributed by atoms with E-state index in [1.54, 1.807) is 36.4 Å². The van der Waals surface area contributed by atoms with E-state index in [0.717, 1.165) is 11.1 Å². The lowest BCUT2D eigenvalue weighted by Gasteiger charge is -2.25. The van der Waals surface area contributed by atoms with Gasteiger partial charge in [0.1, 0.15) is 11.4 Å². The molecule has 0 spiro atoms. The molecule has 0 saturated heterocycles. The average Bonchev–Trinajstić information content (AvgIpc) is 3.09. The SMILES string of the molecule is COc1cc(C2c3c(oc4cc(C)c(C)cc4c3=O)C(=O)N2Cc2ccc(F)cc2)ccc1O. The molecule has 172 valence electrons. The summed E-state index contributed by atoms with van der Waals surface area (Å²) >= 11 is 0. The third-order valence-electron chi connectivity index (χ3n) is 6.37. The number of methoxy groups -OCH3 is 1. The van der Waals surface area contributed by atoms with Gasteiger partial charge in [0, 0.05) is 6.54 Å². The first-order valence-corrected chi connectivity index (χ1v) is 10.8. The number of carbonyl (C=O) groups is 1. The van der Waals surface area contributed by atoms with E-state index in [1.165, 1.54) is 30.2 Å². The van der Waals surface area contributed by atoms with Gasteiger partial charge in [-0.1, -0.05) is 18.2 Å². The molecule has 1 amide bonds. The second kappa shape index (κ2) is 8.02. The number of phenolic OH excluding ortho intramolecular Hbond substituents is 1. The number of phenols is 1. The summed E-state index contributed by atoms with van der Waals surface area (Å²) in [6, 6.07) is 13.3. The molecular weight excluding hydrogens is 437 g/mol. The Hall–Kier alpha value is -4.13. The maximum absolute atomic E-state index is 13.7. The fourth-order valence-electron chi connectivity index (χ4n) is 4.44. The molecule has 0 fully saturated rings. The van der Waals surface area contributed by atoms with E-state index in [-0.39, 0.29) is 40.6 Å². The van der Waals surface area contributed by atoms with Gasteiger partial charge < -0.3 is 19.2 Å². The number of nitrogens with zero attached hydrogens (tertiary/aromatic N) is 1. The Labute approximate surface area is 194 Å². The van der Waals surface area contributed by atoms with Crippen LogP contribution >= 0.6 is 0 Å². The molecule has 4 aromatic rings. The predicted molar refractivity (Wildman–Crippen MR) is 125 cm³/mol. The highest BCUT2D eigenvalue weighted by Gasteiger charge is 2.43. The highest BCUT2D eigenvalue weighted by Crippen LogP contribution is 2.41. The van der Waals surface area contributed by atoms with Crippen molar-refractivity contribution in [2.24, 2.45) is 0 Å². The number of ether oxygens (including phenoxy) is 1. The number of aryl methyl sites for hydroxylation is 2. The maximum Gasteiger partial charge on any atom is 0.291 e. The van der Waals surface area contributed by atoms with Crippen LogP contribution in [0.4, 0.5) is 4.39 Å². The molecule has 34 heavy (non-hydrogen) atoms. The molecule has 1 aliphatic rings. The first kappa shape index (κ1) is 21.7. The summed E-state index contributed by atoms with van der Waals surface area (Å²) in [5.74, 6) is -0.670. The summed E-state index contributed by atoms with van der Waals surface area (Å²) in [4.78, 5) is 28.8. The Bertz CT molecular complexity index is 1510. The number of amides is 1. The zero-order chi connectivity index (χ0) is 24.1. The van der Waals surface area contributed by atoms with Crippen LogP contribution in [0.5, 0.6) is 11.5 Å². The predicted octanol–water partition coefficient (Wildman–Crippen LogP) is 5.01. The van der Waals surface area contributed by atoms with Crippen molar-refractivity contribution < 1.29 is 23.4 Å². The molecule has 7 heteroatoms. The van der Waals surface area contributed by atoms with Crippen LogP contribution in [0, 0.1) is 19.7 Å². The molecule has 1 aromatic heterocycles. The summed E-state index contributed by atoms with van der Waals surface area (Å²) < 4.78 is 24.7. The number of rotatable bonds is 4. The van der Waals surface area contributed by atoms with Crippen molar-refractivity contribution in [3.8, 4) is 11.5 Å². The van der Waals surface area contributed by atoms with E-state index in [9.17, 15) is 19.1 Å². The van der Waals surface area contributed by atoms with Crippen LogP contribution < -0.4 is 10.2 Å². The molecule has 3 aromatic carbocycles. The number of carbonyl (C=O) groups excluding carboxylic acids is 1. The maximum atomic E-state index is 13.7. The topological polar surface area (TPSA) is 80.0 Å². The quantitative estimate of drug-likeness (QED) is 0.464. The van der Waals surface area contributed by atoms with E-state index >= 15 is 0 Å². The number of benzene rings is 3. The van der Waals surface area contributed by atoms with E-state index in [0.29, 0.717) is 22.1 Å². The number of halogens is 1. The van der Waals surface area contributed by atoms with Crippen molar-refractivity contribution in [3.05, 3.63) is 104 Å². The minimum absolute atomic E-state index is 0.0140. The van der Waals surface area contributed by atoms with Gasteiger partial charge >= 0.3 is 0 Å². The molecule has 0 saturated carbocycles. The Morgan fingerprint density at radius 3 is 2.44 bits per heavy atom. The van der Waals surface area contributed by atoms with Gasteiger partial charge in [-0.15, -0.1) is 0 Å². The summed E-state index contributed by atoms with van der Waals surface area (Å²) in [7, 11) is 1.43. The molecule has 1 atom stereocenters. The van der Waals surface area contributed by atoms with Gasteiger partial charge in [-0.2, -0.15) is 0 Å². The third kappa shape index (κ3) is 3.41. The fourth-order valence-corrected chi connectivity index (χ4v) is 4.44. The Kier molecular flexibility index (Phi) is 5.12. The molecule has 5 rings (SSSR count). The van der Waals surface area contributed by atoms with Crippen LogP contribution in [-0.4, -0.2) is 23.0 Å². The van der Waals surface area contributed by atoms with Gasteiger partial charge in [-0.3, -0.25) is 9.59 Å². The number of hydrogen-bond acceptors (Lipinski definition) is 5. The van der Waals surface area contributed by atoms with Crippen LogP contribution in [0.2, 0.25) is 0 Å². The Morgan fingerprint density at radius 2 is 1.74 bits per heavy atom. The van der Waals surface area contributed by atoms with Crippen LogP contribution in [-0.2, 0) is 6.54 Å². The second-order valence-electron chi connectivity index (χ2n) is 8.50. The van der Waals surface area contributed by atoms with Crippen molar-refractivity contribution in [2.75, 3.05) is 7.11 Å². The van der Waals surface area contributed by atoms with Crippen molar-refractivity contribution in [3.63, 3.8) is 0 Å². The fraction of sp³-hybridized carbons (Fsp3) is 0.185. The van der Waals surface area contributed by atoms with Crippen LogP contribution in [0.3, 0.4) is 0 Å². The Balaban J connectivity index is 1.74. The minimum atomic E-state index is -0.774. The monoisotopic (exact) mass is 459 g/mol. The highest BCUT2D eigenvalue weighted by atomic mass is 19.1. The smallest absolute Gasteiger partial charge is 0.291 e. The average molecular weight is 459 g/mol. The van der Waals surface area contributed by atoms with Crippen molar-refractivity contribution in [2.45, 2.75) is 26.4 Å². The zero-order valence-corrected chi connectivity index (χ0v) is 18.9. The molecule has 0 aliphatic carbocycles. The second-order valence-corrected chi connectivity index (χ2v) is 8.50. The molecular formula is C27H22FNO5. The van der Waals surface area contributed by atoms with Gasteiger partial charge in [0.25, 0.3) is 5.91 Å². The Morgan fingerprint density at radius 1 is 1.03 bits per heavy atom. The molecule has 1 aliphatic heterocycles.